The van der Waals surface area contributed by atoms with E-state index in [1.807, 2.05) is 19.1 Å². The molecule has 2 amide bonds. The van der Waals surface area contributed by atoms with Gasteiger partial charge in [-0.05, 0) is 24.1 Å². The number of hydrogen-bond donors (Lipinski definition) is 2. The van der Waals surface area contributed by atoms with Gasteiger partial charge in [0.05, 0.1) is 12.7 Å². The zero-order valence-electron chi connectivity index (χ0n) is 11.7. The summed E-state index contributed by atoms with van der Waals surface area (Å²) >= 11 is 0. The highest BCUT2D eigenvalue weighted by Crippen LogP contribution is 2.14. The van der Waals surface area contributed by atoms with Crippen molar-refractivity contribution in [2.45, 2.75) is 26.3 Å². The maximum Gasteiger partial charge on any atom is 0.267 e. The first kappa shape index (κ1) is 14.7. The van der Waals surface area contributed by atoms with E-state index in [0.717, 1.165) is 12.0 Å². The Morgan fingerprint density at radius 1 is 1.33 bits per heavy atom. The summed E-state index contributed by atoms with van der Waals surface area (Å²) in [6.07, 6.45) is 5.82. The van der Waals surface area contributed by atoms with Crippen LogP contribution >= 0.6 is 0 Å². The summed E-state index contributed by atoms with van der Waals surface area (Å²) in [5, 5.41) is 2.70. The molecule has 0 fully saturated rings. The molecule has 0 atom stereocenters. The van der Waals surface area contributed by atoms with E-state index in [-0.39, 0.29) is 11.6 Å². The van der Waals surface area contributed by atoms with Crippen molar-refractivity contribution < 1.29 is 9.59 Å². The molecule has 3 N–H and O–H groups in total. The van der Waals surface area contributed by atoms with Crippen LogP contribution in [0.5, 0.6) is 0 Å². The number of rotatable bonds is 6. The number of aromatic nitrogens is 3. The van der Waals surface area contributed by atoms with Crippen molar-refractivity contribution in [2.24, 2.45) is 5.73 Å². The Kier molecular flexibility index (Phi) is 4.65. The predicted molar refractivity (Wildman–Crippen MR) is 77.6 cm³/mol. The summed E-state index contributed by atoms with van der Waals surface area (Å²) < 4.78 is 1.59. The average Bonchev–Trinajstić information content (AvgIpc) is 2.83. The number of carbonyl (C=O) groups is 2. The smallest absolute Gasteiger partial charge is 0.267 e. The molecule has 2 rings (SSSR count). The number of pyridine rings is 1. The molecule has 21 heavy (non-hydrogen) atoms. The number of anilines is 1. The fourth-order valence-electron chi connectivity index (χ4n) is 1.92. The van der Waals surface area contributed by atoms with Crippen LogP contribution in [0.15, 0.2) is 30.7 Å². The standard InChI is InChI=1S/C14H17N5O2/c1-2-3-12(20)18-14-17-8-11(13(15)21)19(14)9-10-4-6-16-7-5-10/h4-8H,2-3,9H2,1H3,(H2,15,21)(H,17,18,20). The molecule has 0 aliphatic heterocycles. The zero-order chi connectivity index (χ0) is 15.2. The number of imidazole rings is 1. The van der Waals surface area contributed by atoms with Gasteiger partial charge in [0.2, 0.25) is 11.9 Å². The van der Waals surface area contributed by atoms with Gasteiger partial charge in [-0.15, -0.1) is 0 Å². The quantitative estimate of drug-likeness (QED) is 0.832. The van der Waals surface area contributed by atoms with Gasteiger partial charge in [-0.2, -0.15) is 0 Å². The molecule has 2 heterocycles. The van der Waals surface area contributed by atoms with Gasteiger partial charge in [0.15, 0.2) is 0 Å². The number of primary amides is 1. The van der Waals surface area contributed by atoms with E-state index in [1.165, 1.54) is 6.20 Å². The third kappa shape index (κ3) is 3.65. The lowest BCUT2D eigenvalue weighted by Gasteiger charge is -2.11. The highest BCUT2D eigenvalue weighted by molar-refractivity contribution is 5.93. The van der Waals surface area contributed by atoms with Crippen molar-refractivity contribution in [3.8, 4) is 0 Å². The number of amides is 2. The largest absolute Gasteiger partial charge is 0.364 e. The second kappa shape index (κ2) is 6.65. The van der Waals surface area contributed by atoms with E-state index in [4.69, 9.17) is 5.73 Å². The van der Waals surface area contributed by atoms with Gasteiger partial charge < -0.3 is 10.3 Å². The number of nitrogens with zero attached hydrogens (tertiary/aromatic N) is 3. The van der Waals surface area contributed by atoms with Crippen LogP contribution < -0.4 is 11.1 Å². The molecule has 7 nitrogen and oxygen atoms in total. The molecule has 0 aromatic carbocycles. The van der Waals surface area contributed by atoms with Gasteiger partial charge in [-0.3, -0.25) is 19.9 Å². The van der Waals surface area contributed by atoms with E-state index in [9.17, 15) is 9.59 Å². The van der Waals surface area contributed by atoms with E-state index in [0.29, 0.717) is 18.9 Å². The Hall–Kier alpha value is -2.70. The minimum absolute atomic E-state index is 0.143. The molecule has 0 aliphatic rings. The Morgan fingerprint density at radius 3 is 2.67 bits per heavy atom. The van der Waals surface area contributed by atoms with Crippen molar-refractivity contribution in [2.75, 3.05) is 5.32 Å². The van der Waals surface area contributed by atoms with Crippen molar-refractivity contribution in [3.05, 3.63) is 42.0 Å². The molecular weight excluding hydrogens is 270 g/mol. The number of nitrogens with one attached hydrogen (secondary N) is 1. The van der Waals surface area contributed by atoms with E-state index in [2.05, 4.69) is 15.3 Å². The van der Waals surface area contributed by atoms with Gasteiger partial charge in [0.1, 0.15) is 5.69 Å². The SMILES string of the molecule is CCCC(=O)Nc1ncc(C(N)=O)n1Cc1ccncc1. The lowest BCUT2D eigenvalue weighted by molar-refractivity contribution is -0.116. The van der Waals surface area contributed by atoms with Crippen LogP contribution in [0, 0.1) is 0 Å². The molecule has 2 aromatic rings. The summed E-state index contributed by atoms with van der Waals surface area (Å²) in [5.41, 5.74) is 6.52. The molecule has 0 bridgehead atoms. The van der Waals surface area contributed by atoms with Crippen LogP contribution in [0.3, 0.4) is 0 Å². The Bertz CT molecular complexity index is 636. The van der Waals surface area contributed by atoms with Crippen LogP contribution in [0.2, 0.25) is 0 Å². The summed E-state index contributed by atoms with van der Waals surface area (Å²) in [6.45, 7) is 2.29. The number of nitrogens with two attached hydrogens (primary N) is 1. The molecule has 0 saturated heterocycles. The first-order valence-corrected chi connectivity index (χ1v) is 6.66. The highest BCUT2D eigenvalue weighted by atomic mass is 16.2. The molecule has 0 radical (unpaired) electrons. The lowest BCUT2D eigenvalue weighted by Crippen LogP contribution is -2.21. The van der Waals surface area contributed by atoms with Gasteiger partial charge in [-0.25, -0.2) is 4.98 Å². The van der Waals surface area contributed by atoms with Crippen molar-refractivity contribution >= 4 is 17.8 Å². The van der Waals surface area contributed by atoms with Crippen LogP contribution in [-0.4, -0.2) is 26.3 Å². The first-order valence-electron chi connectivity index (χ1n) is 6.66. The summed E-state index contributed by atoms with van der Waals surface area (Å²) in [4.78, 5) is 31.2. The molecule has 110 valence electrons. The summed E-state index contributed by atoms with van der Waals surface area (Å²) in [7, 11) is 0. The highest BCUT2D eigenvalue weighted by Gasteiger charge is 2.16. The van der Waals surface area contributed by atoms with Gasteiger partial charge in [0.25, 0.3) is 5.91 Å². The maximum absolute atomic E-state index is 11.7. The molecule has 7 heteroatoms. The van der Waals surface area contributed by atoms with Crippen LogP contribution in [0.25, 0.3) is 0 Å². The van der Waals surface area contributed by atoms with E-state index in [1.54, 1.807) is 17.0 Å². The molecule has 0 aliphatic carbocycles. The summed E-state index contributed by atoms with van der Waals surface area (Å²) in [6, 6.07) is 3.64. The minimum atomic E-state index is -0.590. The monoisotopic (exact) mass is 287 g/mol. The Balaban J connectivity index is 2.29. The molecule has 0 saturated carbocycles. The molecular formula is C14H17N5O2. The number of carbonyl (C=O) groups excluding carboxylic acids is 2. The average molecular weight is 287 g/mol. The van der Waals surface area contributed by atoms with Crippen molar-refractivity contribution in [1.29, 1.82) is 0 Å². The van der Waals surface area contributed by atoms with Crippen molar-refractivity contribution in [3.63, 3.8) is 0 Å². The van der Waals surface area contributed by atoms with Gasteiger partial charge >= 0.3 is 0 Å². The van der Waals surface area contributed by atoms with Crippen LogP contribution in [0.1, 0.15) is 35.8 Å². The maximum atomic E-state index is 11.7. The second-order valence-electron chi connectivity index (χ2n) is 4.57. The van der Waals surface area contributed by atoms with E-state index >= 15 is 0 Å². The topological polar surface area (TPSA) is 103 Å². The first-order chi connectivity index (χ1) is 10.1. The third-order valence-corrected chi connectivity index (χ3v) is 2.93. The van der Waals surface area contributed by atoms with E-state index < -0.39 is 5.91 Å². The minimum Gasteiger partial charge on any atom is -0.364 e. The Morgan fingerprint density at radius 2 is 2.05 bits per heavy atom. The lowest BCUT2D eigenvalue weighted by atomic mass is 10.2. The second-order valence-corrected chi connectivity index (χ2v) is 4.57. The molecule has 0 unspecified atom stereocenters. The summed E-state index contributed by atoms with van der Waals surface area (Å²) in [5.74, 6) is -0.415. The number of hydrogen-bond acceptors (Lipinski definition) is 4. The Labute approximate surface area is 122 Å². The normalized spacial score (nSPS) is 10.3. The zero-order valence-corrected chi connectivity index (χ0v) is 11.7. The predicted octanol–water partition coefficient (Wildman–Crippen LogP) is 1.16. The van der Waals surface area contributed by atoms with Crippen LogP contribution in [-0.2, 0) is 11.3 Å². The third-order valence-electron chi connectivity index (χ3n) is 2.93. The molecule has 2 aromatic heterocycles. The van der Waals surface area contributed by atoms with Crippen molar-refractivity contribution in [1.82, 2.24) is 14.5 Å². The van der Waals surface area contributed by atoms with Gasteiger partial charge in [-0.1, -0.05) is 6.92 Å². The van der Waals surface area contributed by atoms with Gasteiger partial charge in [0, 0.05) is 18.8 Å². The fraction of sp³-hybridized carbons (Fsp3) is 0.286. The fourth-order valence-corrected chi connectivity index (χ4v) is 1.92. The van der Waals surface area contributed by atoms with Crippen LogP contribution in [0.4, 0.5) is 5.95 Å². The molecule has 0 spiro atoms.